The molecule has 5 N–H and O–H groups in total. The van der Waals surface area contributed by atoms with E-state index in [4.69, 9.17) is 9.26 Å². The average Bonchev–Trinajstić information content (AvgIpc) is 2.56. The van der Waals surface area contributed by atoms with Crippen molar-refractivity contribution >= 4 is 13.8 Å². The molecule has 1 unspecified atom stereocenters. The molecule has 0 amide bonds. The number of ether oxygens (including phenoxy) is 1. The summed E-state index contributed by atoms with van der Waals surface area (Å²) in [6, 6.07) is 0. The van der Waals surface area contributed by atoms with E-state index in [-0.39, 0.29) is 25.0 Å². The molecule has 0 fully saturated rings. The van der Waals surface area contributed by atoms with Gasteiger partial charge in [0.05, 0.1) is 19.8 Å². The van der Waals surface area contributed by atoms with E-state index in [1.54, 1.807) is 0 Å². The molecule has 0 spiro atoms. The Morgan fingerprint density at radius 1 is 0.889 bits per heavy atom. The van der Waals surface area contributed by atoms with Crippen molar-refractivity contribution in [3.05, 3.63) is 0 Å². The van der Waals surface area contributed by atoms with Crippen molar-refractivity contribution < 1.29 is 48.5 Å². The second-order valence-corrected chi connectivity index (χ2v) is 8.58. The Bertz CT molecular complexity index is 470. The number of aliphatic hydroxyl groups excluding tert-OH is 4. The lowest BCUT2D eigenvalue weighted by Crippen LogP contribution is -2.49. The molecule has 0 bridgehead atoms. The molecule has 10 nitrogen and oxygen atoms in total. The number of aliphatic hydroxyl groups is 4. The normalized spacial score (nSPS) is 18.8. The summed E-state index contributed by atoms with van der Waals surface area (Å²) in [5.41, 5.74) is 0. The van der Waals surface area contributed by atoms with Gasteiger partial charge in [-0.15, -0.1) is 0 Å². The zero-order chi connectivity index (χ0) is 21.2. The van der Waals surface area contributed by atoms with Crippen LogP contribution in [-0.4, -0.2) is 75.5 Å². The predicted molar refractivity (Wildman–Crippen MR) is 95.6 cm³/mol. The Hall–Kier alpha value is -0.580. The summed E-state index contributed by atoms with van der Waals surface area (Å²) >= 11 is 0. The highest BCUT2D eigenvalue weighted by Crippen LogP contribution is 2.43. The van der Waals surface area contributed by atoms with Crippen LogP contribution in [0.5, 0.6) is 0 Å². The van der Waals surface area contributed by atoms with E-state index >= 15 is 0 Å². The molecule has 0 aromatic rings. The van der Waals surface area contributed by atoms with E-state index in [0.717, 1.165) is 0 Å². The van der Waals surface area contributed by atoms with Crippen molar-refractivity contribution in [2.75, 3.05) is 19.8 Å². The molecular formula is C16H33O10P. The van der Waals surface area contributed by atoms with E-state index in [9.17, 15) is 34.7 Å². The molecule has 27 heavy (non-hydrogen) atoms. The number of carbonyl (C=O) groups excluding carboxylic acids is 1. The van der Waals surface area contributed by atoms with Crippen molar-refractivity contribution in [2.45, 2.75) is 65.0 Å². The Morgan fingerprint density at radius 3 is 1.93 bits per heavy atom. The summed E-state index contributed by atoms with van der Waals surface area (Å²) in [6.45, 7) is 6.75. The van der Waals surface area contributed by atoms with E-state index in [1.165, 1.54) is 0 Å². The minimum Gasteiger partial charge on any atom is -0.464 e. The van der Waals surface area contributed by atoms with Gasteiger partial charge in [-0.2, -0.15) is 0 Å². The van der Waals surface area contributed by atoms with Gasteiger partial charge in [-0.05, 0) is 24.7 Å². The fourth-order valence-corrected chi connectivity index (χ4v) is 2.50. The molecule has 0 aliphatic heterocycles. The van der Waals surface area contributed by atoms with Gasteiger partial charge in [0.2, 0.25) is 0 Å². The molecule has 11 heteroatoms. The molecule has 0 radical (unpaired) electrons. The highest BCUT2D eigenvalue weighted by molar-refractivity contribution is 7.47. The Balaban J connectivity index is 4.41. The average molecular weight is 416 g/mol. The fourth-order valence-electron chi connectivity index (χ4n) is 1.74. The van der Waals surface area contributed by atoms with E-state index in [0.29, 0.717) is 12.8 Å². The van der Waals surface area contributed by atoms with Crippen LogP contribution in [0.1, 0.15) is 40.5 Å². The number of esters is 1. The fraction of sp³-hybridized carbons (Fsp3) is 0.938. The molecule has 0 aromatic heterocycles. The van der Waals surface area contributed by atoms with Crippen LogP contribution in [-0.2, 0) is 23.1 Å². The lowest BCUT2D eigenvalue weighted by atomic mass is 10.0. The maximum absolute atomic E-state index is 11.6. The third kappa shape index (κ3) is 11.8. The van der Waals surface area contributed by atoms with Crippen LogP contribution in [0.2, 0.25) is 0 Å². The van der Waals surface area contributed by atoms with Crippen LogP contribution >= 0.6 is 7.82 Å². The van der Waals surface area contributed by atoms with Crippen LogP contribution < -0.4 is 0 Å². The SMILES string of the molecule is CC(C)CCOC(=O)[C@H](O)[C@@H](O)[C@H](O)[C@H](O)COP(=O)(O)OCCC(C)C. The Morgan fingerprint density at radius 2 is 1.41 bits per heavy atom. The highest BCUT2D eigenvalue weighted by Gasteiger charge is 2.36. The van der Waals surface area contributed by atoms with Gasteiger partial charge in [0.25, 0.3) is 0 Å². The molecule has 0 saturated carbocycles. The molecule has 162 valence electrons. The van der Waals surface area contributed by atoms with Crippen molar-refractivity contribution in [3.8, 4) is 0 Å². The minimum absolute atomic E-state index is 0.0312. The van der Waals surface area contributed by atoms with Gasteiger partial charge >= 0.3 is 13.8 Å². The smallest absolute Gasteiger partial charge is 0.464 e. The van der Waals surface area contributed by atoms with E-state index in [2.05, 4.69) is 4.52 Å². The summed E-state index contributed by atoms with van der Waals surface area (Å²) in [5.74, 6) is -0.643. The quantitative estimate of drug-likeness (QED) is 0.195. The van der Waals surface area contributed by atoms with Crippen molar-refractivity contribution in [1.29, 1.82) is 0 Å². The van der Waals surface area contributed by atoms with Crippen LogP contribution in [0.15, 0.2) is 0 Å². The Labute approximate surface area is 159 Å². The maximum atomic E-state index is 11.6. The zero-order valence-corrected chi connectivity index (χ0v) is 17.1. The highest BCUT2D eigenvalue weighted by atomic mass is 31.2. The largest absolute Gasteiger partial charge is 0.472 e. The summed E-state index contributed by atoms with van der Waals surface area (Å²) in [6.07, 6.45) is -6.97. The van der Waals surface area contributed by atoms with Gasteiger partial charge in [-0.25, -0.2) is 9.36 Å². The summed E-state index contributed by atoms with van der Waals surface area (Å²) in [4.78, 5) is 21.1. The van der Waals surface area contributed by atoms with E-state index < -0.39 is 44.8 Å². The standard InChI is InChI=1S/C16H33O10P/c1-10(2)5-7-24-16(21)15(20)14(19)13(18)12(17)9-26-27(22,23)25-8-6-11(3)4/h10-15,17-20H,5-9H2,1-4H3,(H,22,23)/t12-,13-,14+,15-/m1/s1. The van der Waals surface area contributed by atoms with Gasteiger partial charge in [-0.1, -0.05) is 27.7 Å². The van der Waals surface area contributed by atoms with Crippen LogP contribution in [0, 0.1) is 11.8 Å². The third-order valence-corrected chi connectivity index (χ3v) is 4.59. The third-order valence-electron chi connectivity index (χ3n) is 3.61. The minimum atomic E-state index is -4.45. The molecule has 0 rings (SSSR count). The van der Waals surface area contributed by atoms with Crippen molar-refractivity contribution in [3.63, 3.8) is 0 Å². The molecule has 0 saturated heterocycles. The van der Waals surface area contributed by atoms with Gasteiger partial charge in [0.1, 0.15) is 18.3 Å². The van der Waals surface area contributed by atoms with Gasteiger partial charge in [0, 0.05) is 0 Å². The number of carbonyl (C=O) groups is 1. The monoisotopic (exact) mass is 416 g/mol. The van der Waals surface area contributed by atoms with Gasteiger partial charge in [-0.3, -0.25) is 9.05 Å². The summed E-state index contributed by atoms with van der Waals surface area (Å²) in [7, 11) is -4.45. The first-order valence-corrected chi connectivity index (χ1v) is 10.4. The molecule has 0 aliphatic carbocycles. The topological polar surface area (TPSA) is 163 Å². The number of phosphoric acid groups is 1. The maximum Gasteiger partial charge on any atom is 0.472 e. The van der Waals surface area contributed by atoms with Crippen LogP contribution in [0.25, 0.3) is 0 Å². The van der Waals surface area contributed by atoms with Crippen LogP contribution in [0.4, 0.5) is 0 Å². The molecule has 0 heterocycles. The number of rotatable bonds is 14. The second-order valence-electron chi connectivity index (χ2n) is 7.12. The molecule has 0 aromatic carbocycles. The number of phosphoric ester groups is 1. The van der Waals surface area contributed by atoms with Crippen molar-refractivity contribution in [2.24, 2.45) is 11.8 Å². The first-order chi connectivity index (χ1) is 12.4. The second kappa shape index (κ2) is 12.8. The van der Waals surface area contributed by atoms with Gasteiger partial charge in [0.15, 0.2) is 6.10 Å². The first-order valence-electron chi connectivity index (χ1n) is 8.88. The Kier molecular flexibility index (Phi) is 12.5. The summed E-state index contributed by atoms with van der Waals surface area (Å²) < 4.78 is 25.6. The first kappa shape index (κ1) is 26.4. The summed E-state index contributed by atoms with van der Waals surface area (Å²) in [5, 5.41) is 39.1. The lowest BCUT2D eigenvalue weighted by molar-refractivity contribution is -0.170. The molecular weight excluding hydrogens is 383 g/mol. The van der Waals surface area contributed by atoms with Gasteiger partial charge < -0.3 is 30.1 Å². The van der Waals surface area contributed by atoms with Crippen LogP contribution in [0.3, 0.4) is 0 Å². The lowest BCUT2D eigenvalue weighted by Gasteiger charge is -2.26. The number of hydrogen-bond acceptors (Lipinski definition) is 9. The zero-order valence-electron chi connectivity index (χ0n) is 16.2. The van der Waals surface area contributed by atoms with E-state index in [1.807, 2.05) is 27.7 Å². The molecule has 5 atom stereocenters. The number of hydrogen-bond donors (Lipinski definition) is 5. The molecule has 0 aliphatic rings. The van der Waals surface area contributed by atoms with Crippen molar-refractivity contribution in [1.82, 2.24) is 0 Å². The predicted octanol–water partition coefficient (Wildman–Crippen LogP) is 0.199.